The molecule has 0 saturated carbocycles. The normalized spacial score (nSPS) is 11.6. The van der Waals surface area contributed by atoms with Crippen molar-refractivity contribution in [3.63, 3.8) is 0 Å². The fourth-order valence-electron chi connectivity index (χ4n) is 1.61. The highest BCUT2D eigenvalue weighted by Crippen LogP contribution is 2.26. The van der Waals surface area contributed by atoms with Crippen molar-refractivity contribution in [2.24, 2.45) is 0 Å². The highest BCUT2D eigenvalue weighted by atomic mass is 79.9. The predicted molar refractivity (Wildman–Crippen MR) is 84.0 cm³/mol. The molecule has 8 heteroatoms. The van der Waals surface area contributed by atoms with Crippen LogP contribution >= 0.6 is 27.5 Å². The van der Waals surface area contributed by atoms with Crippen molar-refractivity contribution in [2.75, 3.05) is 5.73 Å². The van der Waals surface area contributed by atoms with E-state index < -0.39 is 15.8 Å². The molecular formula is C13H11BrClFN2O2S. The lowest BCUT2D eigenvalue weighted by Crippen LogP contribution is -2.23. The fraction of sp³-hybridized carbons (Fsp3) is 0.0769. The molecule has 2 aromatic rings. The summed E-state index contributed by atoms with van der Waals surface area (Å²) in [5, 5.41) is 0.565. The second kappa shape index (κ2) is 6.31. The van der Waals surface area contributed by atoms with Gasteiger partial charge < -0.3 is 5.73 Å². The Bertz CT molecular complexity index is 766. The maximum atomic E-state index is 13.3. The van der Waals surface area contributed by atoms with Crippen molar-refractivity contribution in [3.8, 4) is 0 Å². The first-order valence-electron chi connectivity index (χ1n) is 5.78. The van der Waals surface area contributed by atoms with Crippen LogP contribution in [-0.2, 0) is 16.6 Å². The van der Waals surface area contributed by atoms with E-state index in [0.717, 1.165) is 17.7 Å². The third kappa shape index (κ3) is 3.94. The average molecular weight is 394 g/mol. The molecule has 0 amide bonds. The topological polar surface area (TPSA) is 72.2 Å². The molecule has 0 unspecified atom stereocenters. The minimum absolute atomic E-state index is 0.0865. The molecule has 0 radical (unpaired) electrons. The Balaban J connectivity index is 2.22. The van der Waals surface area contributed by atoms with E-state index in [1.807, 2.05) is 0 Å². The Morgan fingerprint density at radius 2 is 1.86 bits per heavy atom. The average Bonchev–Trinajstić information content (AvgIpc) is 2.42. The first-order chi connectivity index (χ1) is 9.79. The molecule has 0 fully saturated rings. The molecule has 0 saturated heterocycles. The Hall–Kier alpha value is -1.15. The number of nitrogens with one attached hydrogen (secondary N) is 1. The summed E-state index contributed by atoms with van der Waals surface area (Å²) in [6, 6.07) is 8.83. The lowest BCUT2D eigenvalue weighted by atomic mass is 10.2. The summed E-state index contributed by atoms with van der Waals surface area (Å²) in [5.74, 6) is -0.682. The number of hydrogen-bond acceptors (Lipinski definition) is 3. The van der Waals surface area contributed by atoms with Crippen LogP contribution < -0.4 is 10.5 Å². The highest BCUT2D eigenvalue weighted by Gasteiger charge is 2.19. The number of anilines is 1. The van der Waals surface area contributed by atoms with Gasteiger partial charge in [0.15, 0.2) is 0 Å². The van der Waals surface area contributed by atoms with E-state index in [1.165, 1.54) is 0 Å². The minimum Gasteiger partial charge on any atom is -0.396 e. The molecule has 4 nitrogen and oxygen atoms in total. The van der Waals surface area contributed by atoms with Crippen LogP contribution in [0.5, 0.6) is 0 Å². The first-order valence-corrected chi connectivity index (χ1v) is 8.43. The third-order valence-corrected chi connectivity index (χ3v) is 5.33. The van der Waals surface area contributed by atoms with Crippen molar-refractivity contribution in [3.05, 3.63) is 57.3 Å². The van der Waals surface area contributed by atoms with Gasteiger partial charge in [-0.25, -0.2) is 17.5 Å². The zero-order chi connectivity index (χ0) is 15.6. The van der Waals surface area contributed by atoms with Gasteiger partial charge in [0.25, 0.3) is 0 Å². The summed E-state index contributed by atoms with van der Waals surface area (Å²) in [7, 11) is -3.82. The summed E-state index contributed by atoms with van der Waals surface area (Å²) in [5.41, 5.74) is 5.92. The van der Waals surface area contributed by atoms with Gasteiger partial charge in [0.2, 0.25) is 10.0 Å². The Morgan fingerprint density at radius 1 is 1.24 bits per heavy atom. The van der Waals surface area contributed by atoms with Crippen molar-refractivity contribution >= 4 is 43.2 Å². The molecule has 0 aliphatic rings. The number of sulfonamides is 1. The van der Waals surface area contributed by atoms with Gasteiger partial charge in [0.05, 0.1) is 10.6 Å². The van der Waals surface area contributed by atoms with Gasteiger partial charge in [-0.2, -0.15) is 0 Å². The van der Waals surface area contributed by atoms with Gasteiger partial charge in [-0.3, -0.25) is 0 Å². The van der Waals surface area contributed by atoms with Crippen LogP contribution in [0.15, 0.2) is 45.8 Å². The summed E-state index contributed by atoms with van der Waals surface area (Å²) in [6.07, 6.45) is 0. The number of nitrogens with two attached hydrogens (primary N) is 1. The van der Waals surface area contributed by atoms with E-state index in [-0.39, 0.29) is 21.6 Å². The van der Waals surface area contributed by atoms with Crippen molar-refractivity contribution in [2.45, 2.75) is 11.4 Å². The number of nitrogen functional groups attached to an aromatic ring is 1. The SMILES string of the molecule is Nc1cc(S(=O)(=O)NCc2ccc(Cl)cc2)c(Br)cc1F. The summed E-state index contributed by atoms with van der Waals surface area (Å²) in [4.78, 5) is -0.115. The third-order valence-electron chi connectivity index (χ3n) is 2.72. The van der Waals surface area contributed by atoms with Crippen LogP contribution in [0.1, 0.15) is 5.56 Å². The van der Waals surface area contributed by atoms with Crippen molar-refractivity contribution in [1.82, 2.24) is 4.72 Å². The van der Waals surface area contributed by atoms with Crippen LogP contribution in [0.25, 0.3) is 0 Å². The molecular weight excluding hydrogens is 383 g/mol. The second-order valence-corrected chi connectivity index (χ2v) is 7.28. The minimum atomic E-state index is -3.82. The molecule has 112 valence electrons. The van der Waals surface area contributed by atoms with E-state index >= 15 is 0 Å². The van der Waals surface area contributed by atoms with Crippen molar-refractivity contribution in [1.29, 1.82) is 0 Å². The first kappa shape index (κ1) is 16.2. The van der Waals surface area contributed by atoms with Gasteiger partial charge in [0.1, 0.15) is 5.82 Å². The zero-order valence-corrected chi connectivity index (χ0v) is 13.8. The van der Waals surface area contributed by atoms with E-state index in [1.54, 1.807) is 24.3 Å². The second-order valence-electron chi connectivity index (χ2n) is 4.26. The lowest BCUT2D eigenvalue weighted by molar-refractivity contribution is 0.580. The molecule has 0 aliphatic carbocycles. The molecule has 0 bridgehead atoms. The maximum absolute atomic E-state index is 13.3. The van der Waals surface area contributed by atoms with E-state index in [0.29, 0.717) is 5.02 Å². The molecule has 2 rings (SSSR count). The van der Waals surface area contributed by atoms with Gasteiger partial charge in [-0.05, 0) is 45.8 Å². The van der Waals surface area contributed by atoms with E-state index in [2.05, 4.69) is 20.7 Å². The standard InChI is InChI=1S/C13H11BrClFN2O2S/c14-10-5-11(16)12(17)6-13(10)21(19,20)18-7-8-1-3-9(15)4-2-8/h1-6,18H,7,17H2. The molecule has 2 aromatic carbocycles. The van der Waals surface area contributed by atoms with Crippen LogP contribution in [0, 0.1) is 5.82 Å². The van der Waals surface area contributed by atoms with Gasteiger partial charge in [-0.15, -0.1) is 0 Å². The number of halogens is 3. The van der Waals surface area contributed by atoms with E-state index in [9.17, 15) is 12.8 Å². The number of benzene rings is 2. The van der Waals surface area contributed by atoms with Gasteiger partial charge in [0, 0.05) is 16.0 Å². The van der Waals surface area contributed by atoms with E-state index in [4.69, 9.17) is 17.3 Å². The van der Waals surface area contributed by atoms with Crippen LogP contribution in [0.3, 0.4) is 0 Å². The Morgan fingerprint density at radius 3 is 2.48 bits per heavy atom. The maximum Gasteiger partial charge on any atom is 0.242 e. The molecule has 0 aliphatic heterocycles. The molecule has 0 aromatic heterocycles. The monoisotopic (exact) mass is 392 g/mol. The largest absolute Gasteiger partial charge is 0.396 e. The highest BCUT2D eigenvalue weighted by molar-refractivity contribution is 9.10. The smallest absolute Gasteiger partial charge is 0.242 e. The summed E-state index contributed by atoms with van der Waals surface area (Å²) in [6.45, 7) is 0.0865. The van der Waals surface area contributed by atoms with Crippen LogP contribution in [0.2, 0.25) is 5.02 Å². The summed E-state index contributed by atoms with van der Waals surface area (Å²) < 4.78 is 40.2. The molecule has 0 heterocycles. The number of hydrogen-bond donors (Lipinski definition) is 2. The molecule has 3 N–H and O–H groups in total. The Kier molecular flexibility index (Phi) is 4.88. The zero-order valence-electron chi connectivity index (χ0n) is 10.6. The Labute approximate surface area is 135 Å². The number of rotatable bonds is 4. The predicted octanol–water partition coefficient (Wildman–Crippen LogP) is 3.30. The fourth-order valence-corrected chi connectivity index (χ4v) is 3.80. The van der Waals surface area contributed by atoms with Crippen LogP contribution in [0.4, 0.5) is 10.1 Å². The lowest BCUT2D eigenvalue weighted by Gasteiger charge is -2.10. The van der Waals surface area contributed by atoms with Crippen molar-refractivity contribution < 1.29 is 12.8 Å². The van der Waals surface area contributed by atoms with Gasteiger partial charge in [-0.1, -0.05) is 23.7 Å². The van der Waals surface area contributed by atoms with Gasteiger partial charge >= 0.3 is 0 Å². The van der Waals surface area contributed by atoms with Crippen LogP contribution in [-0.4, -0.2) is 8.42 Å². The summed E-state index contributed by atoms with van der Waals surface area (Å²) >= 11 is 8.78. The quantitative estimate of drug-likeness (QED) is 0.783. The molecule has 21 heavy (non-hydrogen) atoms. The molecule has 0 atom stereocenters. The molecule has 0 spiro atoms.